The highest BCUT2D eigenvalue weighted by molar-refractivity contribution is 7.18. The first-order valence-electron chi connectivity index (χ1n) is 6.54. The molecular weight excluding hydrogens is 260 g/mol. The summed E-state index contributed by atoms with van der Waals surface area (Å²) in [6.45, 7) is 7.00. The minimum atomic E-state index is -0.0474. The first-order chi connectivity index (χ1) is 8.76. The van der Waals surface area contributed by atoms with E-state index in [1.165, 1.54) is 24.2 Å². The van der Waals surface area contributed by atoms with Crippen molar-refractivity contribution < 1.29 is 4.79 Å². The van der Waals surface area contributed by atoms with E-state index in [9.17, 15) is 4.79 Å². The lowest BCUT2D eigenvalue weighted by atomic mass is 9.96. The number of nitrogen functional groups attached to an aromatic ring is 1. The maximum Gasteiger partial charge on any atom is 0.267 e. The van der Waals surface area contributed by atoms with E-state index in [4.69, 9.17) is 5.73 Å². The van der Waals surface area contributed by atoms with Gasteiger partial charge in [-0.25, -0.2) is 4.98 Å². The molecule has 0 spiro atoms. The molecule has 0 radical (unpaired) electrons. The fourth-order valence-corrected chi connectivity index (χ4v) is 2.86. The van der Waals surface area contributed by atoms with Crippen molar-refractivity contribution in [3.8, 4) is 0 Å². The number of nitrogens with one attached hydrogen (secondary N) is 1. The zero-order valence-electron chi connectivity index (χ0n) is 12.0. The molecule has 0 unspecified atom stereocenters. The van der Waals surface area contributed by atoms with Crippen molar-refractivity contribution >= 4 is 28.2 Å². The zero-order chi connectivity index (χ0) is 14.2. The lowest BCUT2D eigenvalue weighted by Crippen LogP contribution is -2.34. The standard InChI is InChI=1S/C13H22N4OS/c1-13(2,3)7-17(4)11(18)9-10(14)16-12(19-9)15-8-5-6-8/h8H,5-7,14H2,1-4H3,(H,15,16). The molecule has 1 amide bonds. The topological polar surface area (TPSA) is 71.2 Å². The summed E-state index contributed by atoms with van der Waals surface area (Å²) >= 11 is 1.35. The van der Waals surface area contributed by atoms with Crippen molar-refractivity contribution in [2.45, 2.75) is 39.7 Å². The number of amides is 1. The number of carbonyl (C=O) groups excluding carboxylic acids is 1. The Morgan fingerprint density at radius 3 is 2.68 bits per heavy atom. The van der Waals surface area contributed by atoms with Gasteiger partial charge in [0.15, 0.2) is 5.13 Å². The van der Waals surface area contributed by atoms with Gasteiger partial charge in [0, 0.05) is 19.6 Å². The maximum atomic E-state index is 12.3. The van der Waals surface area contributed by atoms with Crippen LogP contribution >= 0.6 is 11.3 Å². The number of hydrogen-bond acceptors (Lipinski definition) is 5. The summed E-state index contributed by atoms with van der Waals surface area (Å²) in [5.74, 6) is 0.285. The van der Waals surface area contributed by atoms with Gasteiger partial charge in [-0.2, -0.15) is 0 Å². The summed E-state index contributed by atoms with van der Waals surface area (Å²) in [5, 5.41) is 4.03. The van der Waals surface area contributed by atoms with E-state index in [-0.39, 0.29) is 11.3 Å². The normalized spacial score (nSPS) is 15.4. The van der Waals surface area contributed by atoms with Gasteiger partial charge >= 0.3 is 0 Å². The van der Waals surface area contributed by atoms with Gasteiger partial charge in [0.1, 0.15) is 10.7 Å². The van der Waals surface area contributed by atoms with Gasteiger partial charge in [-0.3, -0.25) is 4.79 Å². The van der Waals surface area contributed by atoms with Crippen LogP contribution in [0.3, 0.4) is 0 Å². The van der Waals surface area contributed by atoms with Crippen molar-refractivity contribution in [2.24, 2.45) is 5.41 Å². The minimum absolute atomic E-state index is 0.0474. The van der Waals surface area contributed by atoms with E-state index < -0.39 is 0 Å². The Kier molecular flexibility index (Phi) is 3.71. The van der Waals surface area contributed by atoms with Crippen molar-refractivity contribution in [3.63, 3.8) is 0 Å². The third kappa shape index (κ3) is 3.83. The van der Waals surface area contributed by atoms with E-state index in [1.54, 1.807) is 11.9 Å². The predicted octanol–water partition coefficient (Wildman–Crippen LogP) is 2.42. The lowest BCUT2D eigenvalue weighted by molar-refractivity contribution is 0.0751. The van der Waals surface area contributed by atoms with Crippen molar-refractivity contribution in [1.29, 1.82) is 0 Å². The fourth-order valence-electron chi connectivity index (χ4n) is 1.91. The van der Waals surface area contributed by atoms with Gasteiger partial charge in [-0.05, 0) is 18.3 Å². The highest BCUT2D eigenvalue weighted by atomic mass is 32.1. The molecule has 2 rings (SSSR count). The Balaban J connectivity index is 2.07. The summed E-state index contributed by atoms with van der Waals surface area (Å²) in [7, 11) is 1.81. The summed E-state index contributed by atoms with van der Waals surface area (Å²) in [4.78, 5) is 18.8. The first kappa shape index (κ1) is 14.1. The van der Waals surface area contributed by atoms with Crippen LogP contribution in [-0.4, -0.2) is 35.4 Å². The first-order valence-corrected chi connectivity index (χ1v) is 7.36. The molecule has 1 fully saturated rings. The molecule has 106 valence electrons. The molecule has 5 nitrogen and oxygen atoms in total. The van der Waals surface area contributed by atoms with Crippen LogP contribution in [0.2, 0.25) is 0 Å². The van der Waals surface area contributed by atoms with Crippen LogP contribution in [0.15, 0.2) is 0 Å². The van der Waals surface area contributed by atoms with Crippen molar-refractivity contribution in [1.82, 2.24) is 9.88 Å². The molecule has 6 heteroatoms. The van der Waals surface area contributed by atoms with Gasteiger partial charge < -0.3 is 16.0 Å². The van der Waals surface area contributed by atoms with E-state index in [2.05, 4.69) is 31.1 Å². The monoisotopic (exact) mass is 282 g/mol. The van der Waals surface area contributed by atoms with Gasteiger partial charge in [0.05, 0.1) is 0 Å². The number of anilines is 2. The Morgan fingerprint density at radius 2 is 2.16 bits per heavy atom. The van der Waals surface area contributed by atoms with E-state index in [0.717, 1.165) is 5.13 Å². The molecule has 3 N–H and O–H groups in total. The van der Waals surface area contributed by atoms with Crippen LogP contribution in [0.25, 0.3) is 0 Å². The molecule has 0 aliphatic heterocycles. The lowest BCUT2D eigenvalue weighted by Gasteiger charge is -2.26. The molecule has 19 heavy (non-hydrogen) atoms. The maximum absolute atomic E-state index is 12.3. The molecule has 0 bridgehead atoms. The van der Waals surface area contributed by atoms with Crippen LogP contribution in [0.1, 0.15) is 43.3 Å². The second-order valence-corrected chi connectivity index (χ2v) is 7.37. The average molecular weight is 282 g/mol. The zero-order valence-corrected chi connectivity index (χ0v) is 12.8. The minimum Gasteiger partial charge on any atom is -0.382 e. The SMILES string of the molecule is CN(CC(C)(C)C)C(=O)c1sc(NC2CC2)nc1N. The number of carbonyl (C=O) groups is 1. The van der Waals surface area contributed by atoms with Crippen LogP contribution < -0.4 is 11.1 Å². The molecule has 0 saturated heterocycles. The Hall–Kier alpha value is -1.30. The Bertz CT molecular complexity index is 473. The molecule has 1 aliphatic rings. The number of thiazole rings is 1. The van der Waals surface area contributed by atoms with E-state index >= 15 is 0 Å². The van der Waals surface area contributed by atoms with Crippen LogP contribution in [0.5, 0.6) is 0 Å². The second kappa shape index (κ2) is 5.00. The highest BCUT2D eigenvalue weighted by Gasteiger charge is 2.26. The highest BCUT2D eigenvalue weighted by Crippen LogP contribution is 2.31. The number of nitrogens with two attached hydrogens (primary N) is 1. The molecule has 1 aromatic heterocycles. The van der Waals surface area contributed by atoms with Gasteiger partial charge in [-0.15, -0.1) is 0 Å². The average Bonchev–Trinajstić information content (AvgIpc) is 2.98. The second-order valence-electron chi connectivity index (χ2n) is 6.37. The van der Waals surface area contributed by atoms with Crippen molar-refractivity contribution in [2.75, 3.05) is 24.6 Å². The van der Waals surface area contributed by atoms with Crippen LogP contribution in [-0.2, 0) is 0 Å². The Morgan fingerprint density at radius 1 is 1.53 bits per heavy atom. The summed E-state index contributed by atoms with van der Waals surface area (Å²) in [6.07, 6.45) is 2.35. The van der Waals surface area contributed by atoms with Gasteiger partial charge in [0.2, 0.25) is 0 Å². The van der Waals surface area contributed by atoms with Gasteiger partial charge in [-0.1, -0.05) is 32.1 Å². The summed E-state index contributed by atoms with van der Waals surface area (Å²) < 4.78 is 0. The summed E-state index contributed by atoms with van der Waals surface area (Å²) in [5.41, 5.74) is 5.92. The number of nitrogens with zero attached hydrogens (tertiary/aromatic N) is 2. The fraction of sp³-hybridized carbons (Fsp3) is 0.692. The number of hydrogen-bond donors (Lipinski definition) is 2. The van der Waals surface area contributed by atoms with Crippen LogP contribution in [0.4, 0.5) is 10.9 Å². The smallest absolute Gasteiger partial charge is 0.267 e. The van der Waals surface area contributed by atoms with E-state index in [0.29, 0.717) is 23.3 Å². The Labute approximate surface area is 118 Å². The third-order valence-corrected chi connectivity index (χ3v) is 3.80. The van der Waals surface area contributed by atoms with Crippen LogP contribution in [0, 0.1) is 5.41 Å². The predicted molar refractivity (Wildman–Crippen MR) is 79.6 cm³/mol. The van der Waals surface area contributed by atoms with Gasteiger partial charge in [0.25, 0.3) is 5.91 Å². The largest absolute Gasteiger partial charge is 0.382 e. The molecule has 1 heterocycles. The van der Waals surface area contributed by atoms with E-state index in [1.807, 2.05) is 0 Å². The molecule has 1 saturated carbocycles. The number of aromatic nitrogens is 1. The molecule has 1 aliphatic carbocycles. The molecule has 0 aromatic carbocycles. The molecule has 1 aromatic rings. The molecular formula is C13H22N4OS. The molecule has 0 atom stereocenters. The van der Waals surface area contributed by atoms with Crippen molar-refractivity contribution in [3.05, 3.63) is 4.88 Å². The summed E-state index contributed by atoms with van der Waals surface area (Å²) in [6, 6.07) is 0.515. The number of rotatable bonds is 4. The third-order valence-electron chi connectivity index (χ3n) is 2.81. The quantitative estimate of drug-likeness (QED) is 0.889.